The molecule has 0 unspecified atom stereocenters. The van der Waals surface area contributed by atoms with Gasteiger partial charge >= 0.3 is 0 Å². The maximum atomic E-state index is 6.32. The van der Waals surface area contributed by atoms with Gasteiger partial charge in [0.05, 0.1) is 0 Å². The van der Waals surface area contributed by atoms with Crippen LogP contribution in [0.2, 0.25) is 0 Å². The fourth-order valence-corrected chi connectivity index (χ4v) is 6.12. The standard InChI is InChI=1S/C19H32O.C16H18O.C12H18O.C11H16O/c1-12(2)15-10-16(13(3)4)18(20-19(7,8)9)17(11-15)14(5)6;1-16(2,3)17-15-11-9-14(10-12-15)13-7-5-4-6-8-13;1-5-10-6-8-11(9-7-10)13-12(2,3)4;1-9-5-7-10(8-6-9)12-11(2,3)4/h10-14H,1-9H3;4-12H,1-3H3;6-9H,5H2,1-4H3;5-8H,1-4H3. The second-order valence-corrected chi connectivity index (χ2v) is 21.1. The first-order valence-electron chi connectivity index (χ1n) is 22.8. The Morgan fingerprint density at radius 3 is 1.06 bits per heavy atom. The van der Waals surface area contributed by atoms with Crippen LogP contribution in [0.15, 0.2) is 115 Å². The van der Waals surface area contributed by atoms with Crippen LogP contribution in [0, 0.1) is 6.92 Å². The Morgan fingerprint density at radius 1 is 0.403 bits per heavy atom. The van der Waals surface area contributed by atoms with Crippen molar-refractivity contribution in [1.29, 1.82) is 0 Å². The Hall–Kier alpha value is -4.70. The highest BCUT2D eigenvalue weighted by atomic mass is 16.5. The lowest BCUT2D eigenvalue weighted by Gasteiger charge is -2.29. The first-order valence-corrected chi connectivity index (χ1v) is 22.8. The van der Waals surface area contributed by atoms with E-state index in [1.54, 1.807) is 0 Å². The lowest BCUT2D eigenvalue weighted by molar-refractivity contribution is 0.127. The number of hydrogen-bond donors (Lipinski definition) is 0. The van der Waals surface area contributed by atoms with E-state index in [0.29, 0.717) is 17.8 Å². The molecule has 0 aliphatic heterocycles. The van der Waals surface area contributed by atoms with Gasteiger partial charge in [0.25, 0.3) is 0 Å². The Morgan fingerprint density at radius 2 is 0.742 bits per heavy atom. The minimum absolute atomic E-state index is 0.102. The van der Waals surface area contributed by atoms with E-state index in [9.17, 15) is 0 Å². The van der Waals surface area contributed by atoms with Crippen LogP contribution >= 0.6 is 0 Å². The molecule has 0 fully saturated rings. The largest absolute Gasteiger partial charge is 0.488 e. The molecule has 4 nitrogen and oxygen atoms in total. The van der Waals surface area contributed by atoms with Crippen LogP contribution in [-0.2, 0) is 6.42 Å². The third-order valence-corrected chi connectivity index (χ3v) is 9.07. The average Bonchev–Trinajstić information content (AvgIpc) is 3.15. The fraction of sp³-hybridized carbons (Fsp3) is 0.483. The molecule has 4 heteroatoms. The van der Waals surface area contributed by atoms with Crippen LogP contribution < -0.4 is 18.9 Å². The van der Waals surface area contributed by atoms with Gasteiger partial charge in [0.15, 0.2) is 0 Å². The van der Waals surface area contributed by atoms with Crippen molar-refractivity contribution in [1.82, 2.24) is 0 Å². The van der Waals surface area contributed by atoms with Crippen molar-refractivity contribution in [3.05, 3.63) is 143 Å². The number of hydrogen-bond acceptors (Lipinski definition) is 4. The molecule has 0 amide bonds. The summed E-state index contributed by atoms with van der Waals surface area (Å²) in [7, 11) is 0. The fourth-order valence-electron chi connectivity index (χ4n) is 6.12. The summed E-state index contributed by atoms with van der Waals surface area (Å²) in [5, 5.41) is 0. The molecule has 62 heavy (non-hydrogen) atoms. The summed E-state index contributed by atoms with van der Waals surface area (Å²) in [4.78, 5) is 0. The van der Waals surface area contributed by atoms with Crippen LogP contribution in [-0.4, -0.2) is 22.4 Å². The first-order chi connectivity index (χ1) is 28.6. The van der Waals surface area contributed by atoms with E-state index in [1.165, 1.54) is 38.9 Å². The second-order valence-electron chi connectivity index (χ2n) is 21.1. The van der Waals surface area contributed by atoms with E-state index < -0.39 is 0 Å². The van der Waals surface area contributed by atoms with E-state index >= 15 is 0 Å². The SMILES string of the molecule is CC(C)(C)Oc1ccc(-c2ccccc2)cc1.CC(C)c1cc(C(C)C)c(OC(C)(C)C)c(C(C)C)c1.CCc1ccc(OC(C)(C)C)cc1.Cc1ccc(OC(C)(C)C)cc1. The summed E-state index contributed by atoms with van der Waals surface area (Å²) >= 11 is 0. The Bertz CT molecular complexity index is 1960. The molecular weight excluding hydrogens is 761 g/mol. The number of benzene rings is 5. The Balaban J connectivity index is 0.000000290. The van der Waals surface area contributed by atoms with Crippen molar-refractivity contribution in [3.63, 3.8) is 0 Å². The molecule has 0 radical (unpaired) electrons. The van der Waals surface area contributed by atoms with Crippen LogP contribution in [0.4, 0.5) is 0 Å². The smallest absolute Gasteiger partial charge is 0.127 e. The number of aryl methyl sites for hydroxylation is 2. The topological polar surface area (TPSA) is 36.9 Å². The maximum Gasteiger partial charge on any atom is 0.127 e. The second kappa shape index (κ2) is 23.7. The van der Waals surface area contributed by atoms with Gasteiger partial charge in [-0.25, -0.2) is 0 Å². The predicted molar refractivity (Wildman–Crippen MR) is 269 cm³/mol. The van der Waals surface area contributed by atoms with Crippen molar-refractivity contribution >= 4 is 0 Å². The quantitative estimate of drug-likeness (QED) is 0.148. The van der Waals surface area contributed by atoms with Crippen molar-refractivity contribution in [3.8, 4) is 34.1 Å². The van der Waals surface area contributed by atoms with Gasteiger partial charge in [0.2, 0.25) is 0 Å². The molecule has 0 aliphatic carbocycles. The number of ether oxygens (including phenoxy) is 4. The summed E-state index contributed by atoms with van der Waals surface area (Å²) < 4.78 is 23.5. The molecule has 5 aromatic carbocycles. The zero-order valence-electron chi connectivity index (χ0n) is 42.5. The normalized spacial score (nSPS) is 11.7. The average molecular weight is 845 g/mol. The molecule has 0 aliphatic rings. The van der Waals surface area contributed by atoms with Crippen LogP contribution in [0.3, 0.4) is 0 Å². The maximum absolute atomic E-state index is 6.32. The summed E-state index contributed by atoms with van der Waals surface area (Å²) in [6, 6.07) is 39.7. The monoisotopic (exact) mass is 845 g/mol. The van der Waals surface area contributed by atoms with Crippen molar-refractivity contribution in [2.24, 2.45) is 0 Å². The Labute approximate surface area is 379 Å². The zero-order chi connectivity index (χ0) is 47.1. The van der Waals surface area contributed by atoms with E-state index in [1.807, 2.05) is 63.2 Å². The Kier molecular flexibility index (Phi) is 20.4. The molecule has 5 rings (SSSR count). The van der Waals surface area contributed by atoms with Gasteiger partial charge in [0.1, 0.15) is 45.4 Å². The molecule has 0 spiro atoms. The minimum Gasteiger partial charge on any atom is -0.488 e. The molecule has 0 bridgehead atoms. The summed E-state index contributed by atoms with van der Waals surface area (Å²) in [6.45, 7) is 42.6. The molecule has 0 heterocycles. The molecule has 0 N–H and O–H groups in total. The lowest BCUT2D eigenvalue weighted by Crippen LogP contribution is -2.25. The highest BCUT2D eigenvalue weighted by Gasteiger charge is 2.23. The highest BCUT2D eigenvalue weighted by molar-refractivity contribution is 5.64. The van der Waals surface area contributed by atoms with Crippen molar-refractivity contribution in [2.45, 2.75) is 185 Å². The number of rotatable bonds is 9. The van der Waals surface area contributed by atoms with E-state index in [2.05, 4.69) is 190 Å². The van der Waals surface area contributed by atoms with E-state index in [0.717, 1.165) is 29.4 Å². The molecule has 340 valence electrons. The van der Waals surface area contributed by atoms with Crippen LogP contribution in [0.5, 0.6) is 23.0 Å². The van der Waals surface area contributed by atoms with Crippen molar-refractivity contribution < 1.29 is 18.9 Å². The van der Waals surface area contributed by atoms with E-state index in [4.69, 9.17) is 18.9 Å². The molecule has 0 saturated carbocycles. The van der Waals surface area contributed by atoms with Crippen LogP contribution in [0.1, 0.15) is 177 Å². The summed E-state index contributed by atoms with van der Waals surface area (Å²) in [6.07, 6.45) is 1.08. The molecule has 0 saturated heterocycles. The lowest BCUT2D eigenvalue weighted by atomic mass is 9.88. The summed E-state index contributed by atoms with van der Waals surface area (Å²) in [5.74, 6) is 5.41. The minimum atomic E-state index is -0.160. The molecular formula is C58H84O4. The summed E-state index contributed by atoms with van der Waals surface area (Å²) in [5.41, 5.74) is 8.65. The van der Waals surface area contributed by atoms with Gasteiger partial charge in [-0.05, 0) is 184 Å². The molecule has 5 aromatic rings. The highest BCUT2D eigenvalue weighted by Crippen LogP contribution is 2.39. The third-order valence-electron chi connectivity index (χ3n) is 9.07. The van der Waals surface area contributed by atoms with Gasteiger partial charge < -0.3 is 18.9 Å². The van der Waals surface area contributed by atoms with Crippen molar-refractivity contribution in [2.75, 3.05) is 0 Å². The van der Waals surface area contributed by atoms with Crippen LogP contribution in [0.25, 0.3) is 11.1 Å². The predicted octanol–water partition coefficient (Wildman–Crippen LogP) is 17.4. The molecule has 0 aromatic heterocycles. The molecule has 0 atom stereocenters. The van der Waals surface area contributed by atoms with Gasteiger partial charge in [-0.3, -0.25) is 0 Å². The van der Waals surface area contributed by atoms with Gasteiger partial charge in [0, 0.05) is 0 Å². The van der Waals surface area contributed by atoms with Gasteiger partial charge in [-0.15, -0.1) is 0 Å². The first kappa shape index (κ1) is 53.4. The third kappa shape index (κ3) is 21.4. The van der Waals surface area contributed by atoms with Gasteiger partial charge in [-0.2, -0.15) is 0 Å². The van der Waals surface area contributed by atoms with Gasteiger partial charge in [-0.1, -0.05) is 133 Å². The zero-order valence-corrected chi connectivity index (χ0v) is 42.5. The van der Waals surface area contributed by atoms with E-state index in [-0.39, 0.29) is 22.4 Å².